The molecule has 1 aromatic rings. The van der Waals surface area contributed by atoms with Gasteiger partial charge in [0.1, 0.15) is 4.21 Å². The maximum Gasteiger partial charge on any atom is 0.250 e. The van der Waals surface area contributed by atoms with E-state index < -0.39 is 10.0 Å². The van der Waals surface area contributed by atoms with Gasteiger partial charge in [-0.05, 0) is 33.8 Å². The summed E-state index contributed by atoms with van der Waals surface area (Å²) >= 11 is 10.2. The third-order valence-corrected chi connectivity index (χ3v) is 6.96. The Kier molecular flexibility index (Phi) is 6.28. The van der Waals surface area contributed by atoms with Gasteiger partial charge in [0.15, 0.2) is 0 Å². The molecule has 0 aliphatic carbocycles. The summed E-state index contributed by atoms with van der Waals surface area (Å²) in [6, 6.07) is 1.45. The van der Waals surface area contributed by atoms with Gasteiger partial charge in [-0.15, -0.1) is 11.3 Å². The number of nitrogens with one attached hydrogen (secondary N) is 1. The van der Waals surface area contributed by atoms with Crippen molar-refractivity contribution in [3.8, 4) is 0 Å². The monoisotopic (exact) mass is 389 g/mol. The molecule has 0 saturated heterocycles. The molecule has 1 rings (SSSR count). The molecule has 0 unspecified atom stereocenters. The van der Waals surface area contributed by atoms with Crippen LogP contribution >= 0.6 is 38.9 Å². The zero-order chi connectivity index (χ0) is 14.7. The summed E-state index contributed by atoms with van der Waals surface area (Å²) in [4.78, 5) is 0. The van der Waals surface area contributed by atoms with Gasteiger partial charge in [0, 0.05) is 20.3 Å². The quantitative estimate of drug-likeness (QED) is 0.775. The first-order chi connectivity index (χ1) is 8.68. The van der Waals surface area contributed by atoms with Gasteiger partial charge in [-0.3, -0.25) is 0 Å². The van der Waals surface area contributed by atoms with Crippen molar-refractivity contribution in [2.24, 2.45) is 5.41 Å². The number of sulfonamides is 1. The summed E-state index contributed by atoms with van der Waals surface area (Å²) in [5.41, 5.74) is -0.165. The first-order valence-corrected chi connectivity index (χ1v) is 9.08. The van der Waals surface area contributed by atoms with Gasteiger partial charge in [0.2, 0.25) is 10.0 Å². The molecule has 0 spiro atoms. The van der Waals surface area contributed by atoms with Crippen molar-refractivity contribution in [1.29, 1.82) is 0 Å². The van der Waals surface area contributed by atoms with E-state index in [1.54, 1.807) is 7.11 Å². The maximum absolute atomic E-state index is 12.1. The number of thiophene rings is 1. The van der Waals surface area contributed by atoms with Crippen LogP contribution in [0.3, 0.4) is 0 Å². The predicted octanol–water partition coefficient (Wildman–Crippen LogP) is 3.51. The molecule has 110 valence electrons. The smallest absolute Gasteiger partial charge is 0.250 e. The molecule has 1 heterocycles. The molecule has 1 N–H and O–H groups in total. The largest absolute Gasteiger partial charge is 0.385 e. The molecule has 0 radical (unpaired) electrons. The lowest BCUT2D eigenvalue weighted by atomic mass is 9.90. The highest BCUT2D eigenvalue weighted by Gasteiger charge is 2.24. The Hall–Kier alpha value is 0.340. The Morgan fingerprint density at radius 1 is 1.53 bits per heavy atom. The fraction of sp³-hybridized carbons (Fsp3) is 0.636. The Labute approximate surface area is 131 Å². The van der Waals surface area contributed by atoms with Crippen molar-refractivity contribution < 1.29 is 13.2 Å². The van der Waals surface area contributed by atoms with Gasteiger partial charge in [-0.2, -0.15) is 0 Å². The van der Waals surface area contributed by atoms with Crippen LogP contribution in [0.2, 0.25) is 5.02 Å². The molecule has 0 aromatic carbocycles. The Balaban J connectivity index is 2.70. The van der Waals surface area contributed by atoms with E-state index in [9.17, 15) is 8.42 Å². The molecule has 8 heteroatoms. The summed E-state index contributed by atoms with van der Waals surface area (Å²) < 4.78 is 32.7. The summed E-state index contributed by atoms with van der Waals surface area (Å²) in [5, 5.41) is 0.406. The minimum Gasteiger partial charge on any atom is -0.385 e. The Morgan fingerprint density at radius 3 is 2.63 bits per heavy atom. The van der Waals surface area contributed by atoms with Gasteiger partial charge in [0.25, 0.3) is 0 Å². The molecule has 0 bridgehead atoms. The first kappa shape index (κ1) is 17.4. The molecule has 0 saturated carbocycles. The fourth-order valence-electron chi connectivity index (χ4n) is 1.29. The van der Waals surface area contributed by atoms with Crippen molar-refractivity contribution in [3.63, 3.8) is 0 Å². The van der Waals surface area contributed by atoms with E-state index >= 15 is 0 Å². The van der Waals surface area contributed by atoms with Crippen LogP contribution in [0.1, 0.15) is 20.3 Å². The number of ether oxygens (including phenoxy) is 1. The Bertz CT molecular complexity index is 509. The van der Waals surface area contributed by atoms with Crippen molar-refractivity contribution in [2.75, 3.05) is 20.3 Å². The van der Waals surface area contributed by atoms with Crippen molar-refractivity contribution in [2.45, 2.75) is 24.5 Å². The lowest BCUT2D eigenvalue weighted by Gasteiger charge is -2.24. The van der Waals surface area contributed by atoms with E-state index in [1.807, 2.05) is 13.8 Å². The van der Waals surface area contributed by atoms with E-state index in [1.165, 1.54) is 6.07 Å². The summed E-state index contributed by atoms with van der Waals surface area (Å²) in [7, 11) is -1.88. The third-order valence-electron chi connectivity index (χ3n) is 2.61. The average molecular weight is 391 g/mol. The maximum atomic E-state index is 12.1. The summed E-state index contributed by atoms with van der Waals surface area (Å²) in [6.45, 7) is 4.94. The number of hydrogen-bond donors (Lipinski definition) is 1. The van der Waals surface area contributed by atoms with Gasteiger partial charge in [-0.25, -0.2) is 13.1 Å². The molecular formula is C11H17BrClNO3S2. The van der Waals surface area contributed by atoms with Crippen molar-refractivity contribution in [1.82, 2.24) is 4.72 Å². The minimum absolute atomic E-state index is 0.165. The lowest BCUT2D eigenvalue weighted by Crippen LogP contribution is -2.34. The zero-order valence-electron chi connectivity index (χ0n) is 11.0. The number of methoxy groups -OCH3 is 1. The van der Waals surface area contributed by atoms with Crippen molar-refractivity contribution >= 4 is 48.9 Å². The van der Waals surface area contributed by atoms with Crippen LogP contribution in [-0.4, -0.2) is 28.7 Å². The standard InChI is InChI=1S/C11H17BrClNO3S2/c1-11(2,4-5-17-3)7-14-19(15,16)9-6-8(13)10(12)18-9/h6,14H,4-5,7H2,1-3H3. The number of halogens is 2. The minimum atomic E-state index is -3.51. The lowest BCUT2D eigenvalue weighted by molar-refractivity contribution is 0.153. The molecule has 0 amide bonds. The van der Waals surface area contributed by atoms with Crippen LogP contribution in [0.4, 0.5) is 0 Å². The van der Waals surface area contributed by atoms with Crippen LogP contribution in [0.15, 0.2) is 14.1 Å². The predicted molar refractivity (Wildman–Crippen MR) is 82.5 cm³/mol. The SMILES string of the molecule is COCCC(C)(C)CNS(=O)(=O)c1cc(Cl)c(Br)s1. The zero-order valence-corrected chi connectivity index (χ0v) is 15.0. The molecule has 4 nitrogen and oxygen atoms in total. The highest BCUT2D eigenvalue weighted by atomic mass is 79.9. The van der Waals surface area contributed by atoms with Crippen LogP contribution in [0.5, 0.6) is 0 Å². The van der Waals surface area contributed by atoms with Gasteiger partial charge in [0.05, 0.1) is 8.81 Å². The van der Waals surface area contributed by atoms with E-state index in [4.69, 9.17) is 16.3 Å². The highest BCUT2D eigenvalue weighted by Crippen LogP contribution is 2.34. The van der Waals surface area contributed by atoms with Gasteiger partial charge in [-0.1, -0.05) is 25.4 Å². The molecule has 1 aromatic heterocycles. The normalized spacial score (nSPS) is 12.9. The number of rotatable bonds is 7. The van der Waals surface area contributed by atoms with Gasteiger partial charge >= 0.3 is 0 Å². The van der Waals surface area contributed by atoms with Crippen LogP contribution < -0.4 is 4.72 Å². The van der Waals surface area contributed by atoms with Crippen LogP contribution in [-0.2, 0) is 14.8 Å². The summed E-state index contributed by atoms with van der Waals surface area (Å²) in [5.74, 6) is 0. The number of hydrogen-bond acceptors (Lipinski definition) is 4. The van der Waals surface area contributed by atoms with Crippen LogP contribution in [0, 0.1) is 5.41 Å². The van der Waals surface area contributed by atoms with E-state index in [0.29, 0.717) is 22.0 Å². The first-order valence-electron chi connectivity index (χ1n) is 5.61. The second-order valence-corrected chi connectivity index (χ2v) is 9.69. The Morgan fingerprint density at radius 2 is 2.16 bits per heavy atom. The topological polar surface area (TPSA) is 55.4 Å². The average Bonchev–Trinajstić information content (AvgIpc) is 2.66. The third kappa shape index (κ3) is 5.32. The summed E-state index contributed by atoms with van der Waals surface area (Å²) in [6.07, 6.45) is 0.779. The molecule has 0 aliphatic rings. The van der Waals surface area contributed by atoms with E-state index in [2.05, 4.69) is 20.7 Å². The molecule has 0 fully saturated rings. The molecule has 0 aliphatic heterocycles. The van der Waals surface area contributed by atoms with Crippen LogP contribution in [0.25, 0.3) is 0 Å². The van der Waals surface area contributed by atoms with Gasteiger partial charge < -0.3 is 4.74 Å². The molecule has 19 heavy (non-hydrogen) atoms. The molecule has 0 atom stereocenters. The fourth-order valence-corrected chi connectivity index (χ4v) is 4.97. The second kappa shape index (κ2) is 6.87. The van der Waals surface area contributed by atoms with Crippen molar-refractivity contribution in [3.05, 3.63) is 14.9 Å². The second-order valence-electron chi connectivity index (χ2n) is 4.92. The highest BCUT2D eigenvalue weighted by molar-refractivity contribution is 9.11. The van der Waals surface area contributed by atoms with E-state index in [0.717, 1.165) is 17.8 Å². The molecular weight excluding hydrogens is 374 g/mol. The van der Waals surface area contributed by atoms with E-state index in [-0.39, 0.29) is 9.62 Å².